The Hall–Kier alpha value is -0.560. The Morgan fingerprint density at radius 3 is 2.67 bits per heavy atom. The Kier molecular flexibility index (Phi) is 3.10. The summed E-state index contributed by atoms with van der Waals surface area (Å²) in [4.78, 5) is 0. The first-order valence-corrected chi connectivity index (χ1v) is 4.71. The average Bonchev–Trinajstić information content (AvgIpc) is 2.04. The van der Waals surface area contributed by atoms with Gasteiger partial charge in [-0.15, -0.1) is 0 Å². The molecule has 0 amide bonds. The van der Waals surface area contributed by atoms with Gasteiger partial charge in [0.15, 0.2) is 0 Å². The lowest BCUT2D eigenvalue weighted by Crippen LogP contribution is -2.26. The van der Waals surface area contributed by atoms with E-state index in [9.17, 15) is 0 Å². The predicted octanol–water partition coefficient (Wildman–Crippen LogP) is 2.51. The van der Waals surface area contributed by atoms with Crippen molar-refractivity contribution in [3.8, 4) is 0 Å². The first-order valence-electron chi connectivity index (χ1n) is 4.71. The summed E-state index contributed by atoms with van der Waals surface area (Å²) < 4.78 is 0. The highest BCUT2D eigenvalue weighted by molar-refractivity contribution is 5.36. The molecule has 1 nitrogen and oxygen atoms in total. The monoisotopic (exact) mass is 165 g/mol. The van der Waals surface area contributed by atoms with Crippen molar-refractivity contribution in [2.45, 2.75) is 27.2 Å². The van der Waals surface area contributed by atoms with E-state index in [4.69, 9.17) is 0 Å². The van der Waals surface area contributed by atoms with Crippen LogP contribution in [0.1, 0.15) is 27.2 Å². The molecule has 0 radical (unpaired) electrons. The molecule has 0 saturated carbocycles. The lowest BCUT2D eigenvalue weighted by atomic mass is 9.90. The predicted molar refractivity (Wildman–Crippen MR) is 54.2 cm³/mol. The standard InChI is InChI=1S/C11H19N/c1-8(2)10(4)11-5-6-12-7-9(11)3/h8,12H,3,5-7H2,1-2,4H3/b11-10+. The normalized spacial score (nSPS) is 23.2. The van der Waals surface area contributed by atoms with Crippen LogP contribution >= 0.6 is 0 Å². The first-order chi connectivity index (χ1) is 5.63. The SMILES string of the molecule is C=C1CNCC/C1=C(/C)C(C)C. The van der Waals surface area contributed by atoms with E-state index in [2.05, 4.69) is 32.7 Å². The largest absolute Gasteiger partial charge is 0.312 e. The minimum absolute atomic E-state index is 0.662. The van der Waals surface area contributed by atoms with Crippen LogP contribution in [0, 0.1) is 5.92 Å². The summed E-state index contributed by atoms with van der Waals surface area (Å²) in [5.41, 5.74) is 4.30. The van der Waals surface area contributed by atoms with Crippen LogP contribution in [0.3, 0.4) is 0 Å². The zero-order valence-corrected chi connectivity index (χ0v) is 8.41. The van der Waals surface area contributed by atoms with Gasteiger partial charge in [0.25, 0.3) is 0 Å². The Balaban J connectivity index is 2.83. The maximum Gasteiger partial charge on any atom is 0.0202 e. The van der Waals surface area contributed by atoms with Crippen molar-refractivity contribution >= 4 is 0 Å². The lowest BCUT2D eigenvalue weighted by molar-refractivity contribution is 0.658. The molecule has 1 fully saturated rings. The number of hydrogen-bond acceptors (Lipinski definition) is 1. The molecule has 0 unspecified atom stereocenters. The van der Waals surface area contributed by atoms with Crippen LogP contribution in [-0.4, -0.2) is 13.1 Å². The highest BCUT2D eigenvalue weighted by Crippen LogP contribution is 2.24. The van der Waals surface area contributed by atoms with Crippen molar-refractivity contribution in [2.75, 3.05) is 13.1 Å². The van der Waals surface area contributed by atoms with Crippen LogP contribution in [0.5, 0.6) is 0 Å². The minimum atomic E-state index is 0.662. The van der Waals surface area contributed by atoms with Crippen molar-refractivity contribution in [1.82, 2.24) is 5.32 Å². The van der Waals surface area contributed by atoms with Crippen LogP contribution < -0.4 is 5.32 Å². The van der Waals surface area contributed by atoms with Gasteiger partial charge in [0.2, 0.25) is 0 Å². The van der Waals surface area contributed by atoms with E-state index in [-0.39, 0.29) is 0 Å². The van der Waals surface area contributed by atoms with E-state index >= 15 is 0 Å². The van der Waals surface area contributed by atoms with Gasteiger partial charge >= 0.3 is 0 Å². The molecule has 1 rings (SSSR count). The molecule has 0 aliphatic carbocycles. The van der Waals surface area contributed by atoms with Gasteiger partial charge in [-0.05, 0) is 37.0 Å². The topological polar surface area (TPSA) is 12.0 Å². The molecule has 68 valence electrons. The lowest BCUT2D eigenvalue weighted by Gasteiger charge is -2.22. The number of piperidine rings is 1. The third-order valence-corrected chi connectivity index (χ3v) is 2.66. The summed E-state index contributed by atoms with van der Waals surface area (Å²) in [5.74, 6) is 0.662. The molecule has 1 saturated heterocycles. The molecule has 0 bridgehead atoms. The second-order valence-corrected chi connectivity index (χ2v) is 3.85. The molecule has 1 aliphatic rings. The fourth-order valence-electron chi connectivity index (χ4n) is 1.56. The average molecular weight is 165 g/mol. The van der Waals surface area contributed by atoms with Crippen molar-refractivity contribution in [1.29, 1.82) is 0 Å². The molecule has 12 heavy (non-hydrogen) atoms. The van der Waals surface area contributed by atoms with Crippen molar-refractivity contribution in [3.63, 3.8) is 0 Å². The first kappa shape index (κ1) is 9.53. The molecule has 0 spiro atoms. The van der Waals surface area contributed by atoms with Crippen LogP contribution in [0.15, 0.2) is 23.3 Å². The summed E-state index contributed by atoms with van der Waals surface area (Å²) in [6.07, 6.45) is 1.16. The molecule has 1 aliphatic heterocycles. The summed E-state index contributed by atoms with van der Waals surface area (Å²) in [5, 5.41) is 3.32. The highest BCUT2D eigenvalue weighted by Gasteiger charge is 2.12. The van der Waals surface area contributed by atoms with Crippen molar-refractivity contribution in [3.05, 3.63) is 23.3 Å². The maximum absolute atomic E-state index is 4.08. The van der Waals surface area contributed by atoms with Gasteiger partial charge in [0.1, 0.15) is 0 Å². The van der Waals surface area contributed by atoms with Crippen LogP contribution in [-0.2, 0) is 0 Å². The van der Waals surface area contributed by atoms with Crippen molar-refractivity contribution < 1.29 is 0 Å². The summed E-state index contributed by atoms with van der Waals surface area (Å²) in [6.45, 7) is 12.9. The van der Waals surface area contributed by atoms with Crippen LogP contribution in [0.25, 0.3) is 0 Å². The van der Waals surface area contributed by atoms with E-state index in [1.807, 2.05) is 0 Å². The number of nitrogens with one attached hydrogen (secondary N) is 1. The molecular formula is C11H19N. The minimum Gasteiger partial charge on any atom is -0.312 e. The van der Waals surface area contributed by atoms with Gasteiger partial charge in [0, 0.05) is 6.54 Å². The van der Waals surface area contributed by atoms with Crippen molar-refractivity contribution in [2.24, 2.45) is 5.92 Å². The molecule has 0 atom stereocenters. The number of hydrogen-bond donors (Lipinski definition) is 1. The third kappa shape index (κ3) is 1.98. The summed E-state index contributed by atoms with van der Waals surface area (Å²) in [7, 11) is 0. The Bertz CT molecular complexity index is 211. The fourth-order valence-corrected chi connectivity index (χ4v) is 1.56. The molecule has 0 aromatic rings. The van der Waals surface area contributed by atoms with Gasteiger partial charge in [-0.25, -0.2) is 0 Å². The molecule has 1 heterocycles. The quantitative estimate of drug-likeness (QED) is 0.629. The smallest absolute Gasteiger partial charge is 0.0202 e. The van der Waals surface area contributed by atoms with E-state index in [0.717, 1.165) is 19.5 Å². The van der Waals surface area contributed by atoms with Gasteiger partial charge in [-0.1, -0.05) is 26.0 Å². The second-order valence-electron chi connectivity index (χ2n) is 3.85. The summed E-state index contributed by atoms with van der Waals surface area (Å²) >= 11 is 0. The van der Waals surface area contributed by atoms with Gasteiger partial charge in [0.05, 0.1) is 0 Å². The Morgan fingerprint density at radius 2 is 2.17 bits per heavy atom. The van der Waals surface area contributed by atoms with Gasteiger partial charge < -0.3 is 5.32 Å². The van der Waals surface area contributed by atoms with Crippen LogP contribution in [0.4, 0.5) is 0 Å². The van der Waals surface area contributed by atoms with Gasteiger partial charge in [-0.2, -0.15) is 0 Å². The Morgan fingerprint density at radius 1 is 1.50 bits per heavy atom. The number of rotatable bonds is 1. The fraction of sp³-hybridized carbons (Fsp3) is 0.636. The van der Waals surface area contributed by atoms with Crippen LogP contribution in [0.2, 0.25) is 0 Å². The Labute approximate surface area is 75.6 Å². The van der Waals surface area contributed by atoms with E-state index in [0.29, 0.717) is 5.92 Å². The van der Waals surface area contributed by atoms with Gasteiger partial charge in [-0.3, -0.25) is 0 Å². The maximum atomic E-state index is 4.08. The molecule has 1 heteroatoms. The highest BCUT2D eigenvalue weighted by atomic mass is 14.9. The third-order valence-electron chi connectivity index (χ3n) is 2.66. The van der Waals surface area contributed by atoms with E-state index in [1.165, 1.54) is 16.7 Å². The van der Waals surface area contributed by atoms with E-state index < -0.39 is 0 Å². The van der Waals surface area contributed by atoms with E-state index in [1.54, 1.807) is 0 Å². The molecule has 1 N–H and O–H groups in total. The molecular weight excluding hydrogens is 146 g/mol. The second kappa shape index (κ2) is 3.90. The molecule has 0 aromatic carbocycles. The number of allylic oxidation sites excluding steroid dienone is 1. The zero-order chi connectivity index (χ0) is 9.14. The molecule has 0 aromatic heterocycles. The zero-order valence-electron chi connectivity index (χ0n) is 8.41. The summed E-state index contributed by atoms with van der Waals surface area (Å²) in [6, 6.07) is 0.